The molecular formula is C23H17NO4. The smallest absolute Gasteiger partial charge is 0.291 e. The van der Waals surface area contributed by atoms with E-state index in [4.69, 9.17) is 8.83 Å². The summed E-state index contributed by atoms with van der Waals surface area (Å²) in [7, 11) is 0. The van der Waals surface area contributed by atoms with Crippen LogP contribution in [0.3, 0.4) is 0 Å². The number of amides is 1. The van der Waals surface area contributed by atoms with E-state index in [0.717, 1.165) is 11.1 Å². The van der Waals surface area contributed by atoms with Crippen LogP contribution in [-0.2, 0) is 6.54 Å². The van der Waals surface area contributed by atoms with Crippen LogP contribution in [0.1, 0.15) is 39.0 Å². The average molecular weight is 371 g/mol. The number of hydrogen-bond acceptors (Lipinski definition) is 4. The van der Waals surface area contributed by atoms with Gasteiger partial charge < -0.3 is 13.7 Å². The zero-order chi connectivity index (χ0) is 19.3. The SMILES string of the molecule is Cc1ccc2oc3c(c(=O)c2c1)[C@@H](c1ccccc1)N(Cc1ccco1)C3=O. The van der Waals surface area contributed by atoms with Gasteiger partial charge in [0.2, 0.25) is 5.76 Å². The van der Waals surface area contributed by atoms with E-state index in [0.29, 0.717) is 22.3 Å². The van der Waals surface area contributed by atoms with Gasteiger partial charge in [-0.25, -0.2) is 0 Å². The van der Waals surface area contributed by atoms with Crippen molar-refractivity contribution in [3.05, 3.63) is 105 Å². The summed E-state index contributed by atoms with van der Waals surface area (Å²) in [6, 6.07) is 18.0. The van der Waals surface area contributed by atoms with E-state index >= 15 is 0 Å². The maximum absolute atomic E-state index is 13.4. The Morgan fingerprint density at radius 1 is 1.00 bits per heavy atom. The van der Waals surface area contributed by atoms with Gasteiger partial charge in [-0.3, -0.25) is 9.59 Å². The lowest BCUT2D eigenvalue weighted by Gasteiger charge is -2.24. The molecule has 0 fully saturated rings. The first-order chi connectivity index (χ1) is 13.6. The molecule has 2 aromatic carbocycles. The van der Waals surface area contributed by atoms with Crippen LogP contribution in [-0.4, -0.2) is 10.8 Å². The molecule has 0 saturated carbocycles. The highest BCUT2D eigenvalue weighted by molar-refractivity contribution is 5.99. The fourth-order valence-corrected chi connectivity index (χ4v) is 3.85. The lowest BCUT2D eigenvalue weighted by atomic mass is 9.98. The van der Waals surface area contributed by atoms with Crippen molar-refractivity contribution in [1.82, 2.24) is 4.90 Å². The summed E-state index contributed by atoms with van der Waals surface area (Å²) in [4.78, 5) is 28.2. The molecule has 28 heavy (non-hydrogen) atoms. The van der Waals surface area contributed by atoms with Gasteiger partial charge in [0, 0.05) is 0 Å². The van der Waals surface area contributed by atoms with Gasteiger partial charge in [0.25, 0.3) is 5.91 Å². The predicted molar refractivity (Wildman–Crippen MR) is 104 cm³/mol. The maximum Gasteiger partial charge on any atom is 0.291 e. The Bertz CT molecular complexity index is 1240. The minimum Gasteiger partial charge on any atom is -0.467 e. The van der Waals surface area contributed by atoms with E-state index in [1.54, 1.807) is 23.3 Å². The van der Waals surface area contributed by atoms with E-state index < -0.39 is 6.04 Å². The fourth-order valence-electron chi connectivity index (χ4n) is 3.85. The number of carbonyl (C=O) groups is 1. The monoisotopic (exact) mass is 371 g/mol. The summed E-state index contributed by atoms with van der Waals surface area (Å²) >= 11 is 0. The van der Waals surface area contributed by atoms with Crippen LogP contribution in [0.4, 0.5) is 0 Å². The van der Waals surface area contributed by atoms with Crippen LogP contribution >= 0.6 is 0 Å². The zero-order valence-electron chi connectivity index (χ0n) is 15.2. The summed E-state index contributed by atoms with van der Waals surface area (Å²) in [5.74, 6) is 0.455. The van der Waals surface area contributed by atoms with Crippen LogP contribution < -0.4 is 5.43 Å². The van der Waals surface area contributed by atoms with Crippen LogP contribution in [0.25, 0.3) is 11.0 Å². The highest BCUT2D eigenvalue weighted by Gasteiger charge is 2.42. The molecule has 1 amide bonds. The quantitative estimate of drug-likeness (QED) is 0.534. The van der Waals surface area contributed by atoms with Crippen LogP contribution in [0, 0.1) is 6.92 Å². The van der Waals surface area contributed by atoms with E-state index in [-0.39, 0.29) is 23.6 Å². The minimum absolute atomic E-state index is 0.113. The average Bonchev–Trinajstić information content (AvgIpc) is 3.31. The van der Waals surface area contributed by atoms with Gasteiger partial charge in [-0.05, 0) is 36.8 Å². The highest BCUT2D eigenvalue weighted by atomic mass is 16.3. The molecule has 0 aliphatic carbocycles. The molecule has 2 aromatic heterocycles. The molecule has 3 heterocycles. The molecule has 0 saturated heterocycles. The summed E-state index contributed by atoms with van der Waals surface area (Å²) in [6.07, 6.45) is 1.57. The van der Waals surface area contributed by atoms with Gasteiger partial charge in [0.1, 0.15) is 11.3 Å². The predicted octanol–water partition coefficient (Wildman–Crippen LogP) is 4.44. The summed E-state index contributed by atoms with van der Waals surface area (Å²) in [5.41, 5.74) is 2.48. The van der Waals surface area contributed by atoms with Crippen molar-refractivity contribution in [3.63, 3.8) is 0 Å². The van der Waals surface area contributed by atoms with Crippen LogP contribution in [0.2, 0.25) is 0 Å². The van der Waals surface area contributed by atoms with E-state index in [1.165, 1.54) is 0 Å². The van der Waals surface area contributed by atoms with Gasteiger partial charge in [-0.1, -0.05) is 42.0 Å². The molecule has 138 valence electrons. The molecule has 4 aromatic rings. The lowest BCUT2D eigenvalue weighted by Crippen LogP contribution is -2.29. The van der Waals surface area contributed by atoms with Crippen molar-refractivity contribution >= 4 is 16.9 Å². The number of carbonyl (C=O) groups excluding carboxylic acids is 1. The number of nitrogens with zero attached hydrogens (tertiary/aromatic N) is 1. The fraction of sp³-hybridized carbons (Fsp3) is 0.130. The number of furan rings is 1. The van der Waals surface area contributed by atoms with Crippen LogP contribution in [0.5, 0.6) is 0 Å². The Morgan fingerprint density at radius 2 is 1.82 bits per heavy atom. The minimum atomic E-state index is -0.519. The van der Waals surface area contributed by atoms with Crippen molar-refractivity contribution in [1.29, 1.82) is 0 Å². The molecule has 0 radical (unpaired) electrons. The summed E-state index contributed by atoms with van der Waals surface area (Å²) in [5, 5.41) is 0.493. The first-order valence-corrected chi connectivity index (χ1v) is 9.09. The maximum atomic E-state index is 13.4. The topological polar surface area (TPSA) is 63.7 Å². The van der Waals surface area contributed by atoms with E-state index in [1.807, 2.05) is 55.5 Å². The lowest BCUT2D eigenvalue weighted by molar-refractivity contribution is 0.0701. The molecule has 1 atom stereocenters. The molecule has 0 spiro atoms. The van der Waals surface area contributed by atoms with Crippen molar-refractivity contribution in [2.45, 2.75) is 19.5 Å². The molecule has 0 bridgehead atoms. The second kappa shape index (κ2) is 6.23. The molecule has 5 heteroatoms. The molecule has 5 rings (SSSR count). The van der Waals surface area contributed by atoms with Crippen molar-refractivity contribution in [3.8, 4) is 0 Å². The second-order valence-corrected chi connectivity index (χ2v) is 7.00. The van der Waals surface area contributed by atoms with Crippen molar-refractivity contribution in [2.75, 3.05) is 0 Å². The highest BCUT2D eigenvalue weighted by Crippen LogP contribution is 2.39. The summed E-state index contributed by atoms with van der Waals surface area (Å²) in [6.45, 7) is 2.18. The molecule has 0 unspecified atom stereocenters. The van der Waals surface area contributed by atoms with Gasteiger partial charge >= 0.3 is 0 Å². The Labute approximate surface area is 160 Å². The van der Waals surface area contributed by atoms with Gasteiger partial charge in [0.15, 0.2) is 5.43 Å². The second-order valence-electron chi connectivity index (χ2n) is 7.00. The normalized spacial score (nSPS) is 16.0. The molecule has 1 aliphatic rings. The third kappa shape index (κ3) is 2.47. The Morgan fingerprint density at radius 3 is 2.57 bits per heavy atom. The van der Waals surface area contributed by atoms with E-state index in [9.17, 15) is 9.59 Å². The van der Waals surface area contributed by atoms with E-state index in [2.05, 4.69) is 0 Å². The van der Waals surface area contributed by atoms with Crippen molar-refractivity contribution < 1.29 is 13.6 Å². The third-order valence-electron chi connectivity index (χ3n) is 5.14. The zero-order valence-corrected chi connectivity index (χ0v) is 15.2. The molecule has 0 N–H and O–H groups in total. The first kappa shape index (κ1) is 16.6. The number of rotatable bonds is 3. The van der Waals surface area contributed by atoms with Crippen molar-refractivity contribution in [2.24, 2.45) is 0 Å². The number of benzene rings is 2. The number of fused-ring (bicyclic) bond motifs is 2. The van der Waals surface area contributed by atoms with Gasteiger partial charge in [-0.15, -0.1) is 0 Å². The number of hydrogen-bond donors (Lipinski definition) is 0. The molecular weight excluding hydrogens is 354 g/mol. The Hall–Kier alpha value is -3.60. The Kier molecular flexibility index (Phi) is 3.69. The van der Waals surface area contributed by atoms with Crippen LogP contribution in [0.15, 0.2) is 80.6 Å². The molecule has 5 nitrogen and oxygen atoms in total. The Balaban J connectivity index is 1.76. The largest absolute Gasteiger partial charge is 0.467 e. The molecule has 1 aliphatic heterocycles. The number of aryl methyl sites for hydroxylation is 1. The standard InChI is InChI=1S/C23H17NO4/c1-14-9-10-18-17(12-14)21(25)19-20(15-6-3-2-4-7-15)24(23(26)22(19)28-18)13-16-8-5-11-27-16/h2-12,20H,13H2,1H3/t20-/m1/s1. The van der Waals surface area contributed by atoms with Gasteiger partial charge in [0.05, 0.1) is 29.8 Å². The third-order valence-corrected chi connectivity index (χ3v) is 5.14. The van der Waals surface area contributed by atoms with Gasteiger partial charge in [-0.2, -0.15) is 0 Å². The summed E-state index contributed by atoms with van der Waals surface area (Å²) < 4.78 is 11.4. The first-order valence-electron chi connectivity index (χ1n) is 9.09.